The van der Waals surface area contributed by atoms with Crippen molar-refractivity contribution in [3.8, 4) is 5.75 Å². The Labute approximate surface area is 154 Å². The molecule has 1 saturated carbocycles. The van der Waals surface area contributed by atoms with Gasteiger partial charge in [0.1, 0.15) is 5.75 Å². The van der Waals surface area contributed by atoms with Crippen molar-refractivity contribution in [2.24, 2.45) is 0 Å². The fraction of sp³-hybridized carbons (Fsp3) is 0.292. The van der Waals surface area contributed by atoms with Crippen molar-refractivity contribution in [3.05, 3.63) is 77.4 Å². The van der Waals surface area contributed by atoms with Gasteiger partial charge >= 0.3 is 5.97 Å². The number of carbonyl (C=O) groups is 1. The molecule has 0 aromatic heterocycles. The van der Waals surface area contributed by atoms with E-state index in [-0.39, 0.29) is 5.97 Å². The van der Waals surface area contributed by atoms with Crippen LogP contribution in [0.25, 0.3) is 10.8 Å². The molecule has 26 heavy (non-hydrogen) atoms. The maximum atomic E-state index is 12.5. The number of rotatable bonds is 3. The Kier molecular flexibility index (Phi) is 4.75. The molecule has 0 atom stereocenters. The summed E-state index contributed by atoms with van der Waals surface area (Å²) in [6, 6.07) is 20.0. The largest absolute Gasteiger partial charge is 0.423 e. The van der Waals surface area contributed by atoms with Gasteiger partial charge in [0.2, 0.25) is 0 Å². The third-order valence-electron chi connectivity index (χ3n) is 5.40. The number of benzene rings is 3. The number of fused-ring (bicyclic) bond motifs is 1. The normalized spacial score (nSPS) is 15.1. The summed E-state index contributed by atoms with van der Waals surface area (Å²) in [5.74, 6) is 0.967. The van der Waals surface area contributed by atoms with E-state index in [0.717, 1.165) is 10.8 Å². The van der Waals surface area contributed by atoms with Gasteiger partial charge in [-0.1, -0.05) is 61.2 Å². The minimum absolute atomic E-state index is 0.308. The molecular weight excluding hydrogens is 320 g/mol. The smallest absolute Gasteiger partial charge is 0.343 e. The zero-order valence-electron chi connectivity index (χ0n) is 15.2. The van der Waals surface area contributed by atoms with Crippen molar-refractivity contribution in [2.45, 2.75) is 44.9 Å². The molecule has 0 unspecified atom stereocenters. The summed E-state index contributed by atoms with van der Waals surface area (Å²) in [5.41, 5.74) is 3.16. The molecule has 1 fully saturated rings. The highest BCUT2D eigenvalue weighted by atomic mass is 16.5. The van der Waals surface area contributed by atoms with Crippen molar-refractivity contribution in [1.82, 2.24) is 0 Å². The van der Waals surface area contributed by atoms with Gasteiger partial charge in [0.25, 0.3) is 0 Å². The van der Waals surface area contributed by atoms with E-state index in [4.69, 9.17) is 4.74 Å². The van der Waals surface area contributed by atoms with Gasteiger partial charge in [-0.15, -0.1) is 0 Å². The van der Waals surface area contributed by atoms with E-state index in [1.54, 1.807) is 0 Å². The highest BCUT2D eigenvalue weighted by Crippen LogP contribution is 2.33. The van der Waals surface area contributed by atoms with Gasteiger partial charge in [-0.2, -0.15) is 0 Å². The summed E-state index contributed by atoms with van der Waals surface area (Å²) in [7, 11) is 0. The van der Waals surface area contributed by atoms with Crippen molar-refractivity contribution < 1.29 is 9.53 Å². The van der Waals surface area contributed by atoms with E-state index in [9.17, 15) is 4.79 Å². The van der Waals surface area contributed by atoms with Crippen LogP contribution in [0.5, 0.6) is 5.75 Å². The first-order valence-corrected chi connectivity index (χ1v) is 9.51. The van der Waals surface area contributed by atoms with Crippen LogP contribution in [0.1, 0.15) is 59.5 Å². The van der Waals surface area contributed by atoms with E-state index in [1.807, 2.05) is 36.4 Å². The van der Waals surface area contributed by atoms with Crippen LogP contribution in [0.15, 0.2) is 60.7 Å². The summed E-state index contributed by atoms with van der Waals surface area (Å²) < 4.78 is 5.58. The average molecular weight is 344 g/mol. The Balaban J connectivity index is 1.48. The van der Waals surface area contributed by atoms with Crippen LogP contribution >= 0.6 is 0 Å². The molecule has 0 radical (unpaired) electrons. The Morgan fingerprint density at radius 2 is 1.54 bits per heavy atom. The molecule has 0 saturated heterocycles. The molecular formula is C24H24O2. The molecule has 0 spiro atoms. The lowest BCUT2D eigenvalue weighted by Crippen LogP contribution is -2.09. The number of hydrogen-bond acceptors (Lipinski definition) is 2. The summed E-state index contributed by atoms with van der Waals surface area (Å²) in [6.07, 6.45) is 6.55. The predicted octanol–water partition coefficient (Wildman–Crippen LogP) is 6.42. The summed E-state index contributed by atoms with van der Waals surface area (Å²) in [4.78, 5) is 12.5. The second kappa shape index (κ2) is 7.33. The standard InChI is InChI=1S/C24H24O2/c1-17-7-8-21-16-22(10-9-20(21)15-17)24(25)26-23-13-11-19(12-14-23)18-5-3-2-4-6-18/h7-16,18H,2-6H2,1H3. The summed E-state index contributed by atoms with van der Waals surface area (Å²) >= 11 is 0. The van der Waals surface area contributed by atoms with Gasteiger partial charge in [0.05, 0.1) is 5.56 Å². The average Bonchev–Trinajstić information content (AvgIpc) is 2.69. The van der Waals surface area contributed by atoms with E-state index in [0.29, 0.717) is 17.2 Å². The maximum absolute atomic E-state index is 12.5. The topological polar surface area (TPSA) is 26.3 Å². The number of esters is 1. The minimum Gasteiger partial charge on any atom is -0.423 e. The Hall–Kier alpha value is -2.61. The van der Waals surface area contributed by atoms with Crippen LogP contribution in [0, 0.1) is 6.92 Å². The van der Waals surface area contributed by atoms with Gasteiger partial charge < -0.3 is 4.74 Å². The predicted molar refractivity (Wildman–Crippen MR) is 106 cm³/mol. The van der Waals surface area contributed by atoms with Crippen LogP contribution < -0.4 is 4.74 Å². The van der Waals surface area contributed by atoms with E-state index in [1.165, 1.54) is 43.2 Å². The third-order valence-corrected chi connectivity index (χ3v) is 5.40. The fourth-order valence-electron chi connectivity index (χ4n) is 3.90. The van der Waals surface area contributed by atoms with Crippen LogP contribution in [0.2, 0.25) is 0 Å². The molecule has 0 heterocycles. The second-order valence-corrected chi connectivity index (χ2v) is 7.36. The molecule has 132 valence electrons. The van der Waals surface area contributed by atoms with Crippen LogP contribution in [-0.2, 0) is 0 Å². The summed E-state index contributed by atoms with van der Waals surface area (Å²) in [5, 5.41) is 2.19. The van der Waals surface area contributed by atoms with E-state index in [2.05, 4.69) is 31.2 Å². The molecule has 2 nitrogen and oxygen atoms in total. The zero-order chi connectivity index (χ0) is 17.9. The van der Waals surface area contributed by atoms with Gasteiger partial charge in [-0.25, -0.2) is 4.79 Å². The SMILES string of the molecule is Cc1ccc2cc(C(=O)Oc3ccc(C4CCCCC4)cc3)ccc2c1. The first-order chi connectivity index (χ1) is 12.7. The molecule has 0 amide bonds. The van der Waals surface area contributed by atoms with Gasteiger partial charge in [0.15, 0.2) is 0 Å². The fourth-order valence-corrected chi connectivity index (χ4v) is 3.90. The summed E-state index contributed by atoms with van der Waals surface area (Å²) in [6.45, 7) is 2.07. The number of ether oxygens (including phenoxy) is 1. The molecule has 2 heteroatoms. The lowest BCUT2D eigenvalue weighted by atomic mass is 9.84. The van der Waals surface area contributed by atoms with Crippen molar-refractivity contribution in [1.29, 1.82) is 0 Å². The van der Waals surface area contributed by atoms with Crippen LogP contribution in [-0.4, -0.2) is 5.97 Å². The van der Waals surface area contributed by atoms with Gasteiger partial charge in [-0.3, -0.25) is 0 Å². The molecule has 3 aromatic carbocycles. The van der Waals surface area contributed by atoms with Crippen molar-refractivity contribution >= 4 is 16.7 Å². The van der Waals surface area contributed by atoms with Crippen LogP contribution in [0.4, 0.5) is 0 Å². The number of aryl methyl sites for hydroxylation is 1. The minimum atomic E-state index is -0.308. The number of carbonyl (C=O) groups excluding carboxylic acids is 1. The highest BCUT2D eigenvalue weighted by Gasteiger charge is 2.16. The molecule has 0 N–H and O–H groups in total. The maximum Gasteiger partial charge on any atom is 0.343 e. The monoisotopic (exact) mass is 344 g/mol. The second-order valence-electron chi connectivity index (χ2n) is 7.36. The van der Waals surface area contributed by atoms with Gasteiger partial charge in [0, 0.05) is 0 Å². The van der Waals surface area contributed by atoms with Crippen molar-refractivity contribution in [3.63, 3.8) is 0 Å². The molecule has 0 aliphatic heterocycles. The Bertz CT molecular complexity index is 919. The zero-order valence-corrected chi connectivity index (χ0v) is 15.2. The lowest BCUT2D eigenvalue weighted by molar-refractivity contribution is 0.0735. The lowest BCUT2D eigenvalue weighted by Gasteiger charge is -2.22. The molecule has 4 rings (SSSR count). The quantitative estimate of drug-likeness (QED) is 0.405. The molecule has 1 aliphatic carbocycles. The Morgan fingerprint density at radius 3 is 2.31 bits per heavy atom. The first kappa shape index (κ1) is 16.8. The van der Waals surface area contributed by atoms with Crippen molar-refractivity contribution in [2.75, 3.05) is 0 Å². The van der Waals surface area contributed by atoms with Gasteiger partial charge in [-0.05, 0) is 66.3 Å². The number of hydrogen-bond donors (Lipinski definition) is 0. The van der Waals surface area contributed by atoms with Crippen LogP contribution in [0.3, 0.4) is 0 Å². The van der Waals surface area contributed by atoms with E-state index < -0.39 is 0 Å². The highest BCUT2D eigenvalue weighted by molar-refractivity contribution is 5.96. The third kappa shape index (κ3) is 3.65. The molecule has 0 bridgehead atoms. The Morgan fingerprint density at radius 1 is 0.846 bits per heavy atom. The molecule has 3 aromatic rings. The first-order valence-electron chi connectivity index (χ1n) is 9.51. The molecule has 1 aliphatic rings. The van der Waals surface area contributed by atoms with E-state index >= 15 is 0 Å².